The Balaban J connectivity index is 2.50. The number of benzene rings is 1. The van der Waals surface area contributed by atoms with E-state index in [0.717, 1.165) is 11.1 Å². The second-order valence-electron chi connectivity index (χ2n) is 4.99. The summed E-state index contributed by atoms with van der Waals surface area (Å²) in [5.74, 6) is 0.193. The molecule has 1 heterocycles. The molecule has 5 nitrogen and oxygen atoms in total. The van der Waals surface area contributed by atoms with Crippen LogP contribution in [0, 0.1) is 6.92 Å². The molecule has 0 aliphatic carbocycles. The first-order valence-electron chi connectivity index (χ1n) is 6.74. The molecule has 2 rings (SSSR count). The average Bonchev–Trinajstić information content (AvgIpc) is 2.53. The number of aryl methyl sites for hydroxylation is 1. The number of rotatable bonds is 5. The molecular weight excluding hydrogens is 266 g/mol. The maximum absolute atomic E-state index is 12.4. The van der Waals surface area contributed by atoms with Gasteiger partial charge < -0.3 is 10.5 Å². The average molecular weight is 285 g/mol. The summed E-state index contributed by atoms with van der Waals surface area (Å²) in [4.78, 5) is 20.8. The van der Waals surface area contributed by atoms with Crippen LogP contribution in [0.3, 0.4) is 0 Å². The fourth-order valence-corrected chi connectivity index (χ4v) is 2.39. The molecule has 1 aromatic carbocycles. The largest absolute Gasteiger partial charge is 0.468 e. The number of esters is 1. The zero-order valence-corrected chi connectivity index (χ0v) is 12.2. The Hall–Kier alpha value is -2.27. The van der Waals surface area contributed by atoms with Gasteiger partial charge in [-0.05, 0) is 18.6 Å². The van der Waals surface area contributed by atoms with E-state index in [4.69, 9.17) is 10.5 Å². The minimum absolute atomic E-state index is 0.126. The topological polar surface area (TPSA) is 78.1 Å². The summed E-state index contributed by atoms with van der Waals surface area (Å²) >= 11 is 0. The van der Waals surface area contributed by atoms with Crippen molar-refractivity contribution in [3.8, 4) is 0 Å². The highest BCUT2D eigenvalue weighted by molar-refractivity contribution is 5.84. The standard InChI is InChI=1S/C16H19N3O2/c1-12-5-3-6-13(9-12)16(11-17,15(20)21-2)10-14-18-7-4-8-19-14/h3-9H,10-11,17H2,1-2H3. The summed E-state index contributed by atoms with van der Waals surface area (Å²) in [6.07, 6.45) is 3.61. The van der Waals surface area contributed by atoms with Crippen LogP contribution in [0.4, 0.5) is 0 Å². The van der Waals surface area contributed by atoms with Gasteiger partial charge in [-0.1, -0.05) is 29.8 Å². The molecule has 0 saturated heterocycles. The van der Waals surface area contributed by atoms with E-state index >= 15 is 0 Å². The van der Waals surface area contributed by atoms with Crippen LogP contribution in [-0.2, 0) is 21.4 Å². The summed E-state index contributed by atoms with van der Waals surface area (Å²) in [7, 11) is 1.37. The molecule has 1 atom stereocenters. The predicted octanol–water partition coefficient (Wildman–Crippen LogP) is 1.40. The summed E-state index contributed by atoms with van der Waals surface area (Å²) in [5, 5.41) is 0. The third-order valence-corrected chi connectivity index (χ3v) is 3.57. The van der Waals surface area contributed by atoms with E-state index in [1.54, 1.807) is 18.5 Å². The van der Waals surface area contributed by atoms with Crippen LogP contribution >= 0.6 is 0 Å². The van der Waals surface area contributed by atoms with Gasteiger partial charge in [-0.3, -0.25) is 4.79 Å². The number of carbonyl (C=O) groups excluding carboxylic acids is 1. The molecule has 0 radical (unpaired) electrons. The molecule has 5 heteroatoms. The van der Waals surface area contributed by atoms with E-state index in [0.29, 0.717) is 12.2 Å². The lowest BCUT2D eigenvalue weighted by Gasteiger charge is -2.29. The van der Waals surface area contributed by atoms with Gasteiger partial charge in [-0.15, -0.1) is 0 Å². The van der Waals surface area contributed by atoms with Gasteiger partial charge in [0.15, 0.2) is 0 Å². The zero-order valence-electron chi connectivity index (χ0n) is 12.2. The number of carbonyl (C=O) groups is 1. The molecular formula is C16H19N3O2. The van der Waals surface area contributed by atoms with Crippen LogP contribution in [0.2, 0.25) is 0 Å². The van der Waals surface area contributed by atoms with Crippen LogP contribution < -0.4 is 5.73 Å². The van der Waals surface area contributed by atoms with Crippen molar-refractivity contribution in [2.45, 2.75) is 18.8 Å². The fraction of sp³-hybridized carbons (Fsp3) is 0.312. The van der Waals surface area contributed by atoms with Gasteiger partial charge in [-0.2, -0.15) is 0 Å². The summed E-state index contributed by atoms with van der Waals surface area (Å²) in [5.41, 5.74) is 6.87. The predicted molar refractivity (Wildman–Crippen MR) is 79.7 cm³/mol. The normalized spacial score (nSPS) is 13.5. The molecule has 110 valence electrons. The number of ether oxygens (including phenoxy) is 1. The molecule has 0 saturated carbocycles. The SMILES string of the molecule is COC(=O)C(CN)(Cc1ncccn1)c1cccc(C)c1. The van der Waals surface area contributed by atoms with Crippen LogP contribution in [0.25, 0.3) is 0 Å². The molecule has 0 fully saturated rings. The minimum Gasteiger partial charge on any atom is -0.468 e. The minimum atomic E-state index is -0.970. The van der Waals surface area contributed by atoms with Crippen molar-refractivity contribution in [3.63, 3.8) is 0 Å². The van der Waals surface area contributed by atoms with Gasteiger partial charge >= 0.3 is 5.97 Å². The van der Waals surface area contributed by atoms with E-state index in [-0.39, 0.29) is 12.5 Å². The number of hydrogen-bond acceptors (Lipinski definition) is 5. The monoisotopic (exact) mass is 285 g/mol. The first-order chi connectivity index (χ1) is 10.1. The van der Waals surface area contributed by atoms with Crippen molar-refractivity contribution in [2.75, 3.05) is 13.7 Å². The summed E-state index contributed by atoms with van der Waals surface area (Å²) in [6.45, 7) is 2.10. The van der Waals surface area contributed by atoms with Crippen molar-refractivity contribution in [1.29, 1.82) is 0 Å². The molecule has 1 unspecified atom stereocenters. The lowest BCUT2D eigenvalue weighted by molar-refractivity contribution is -0.147. The number of nitrogens with zero attached hydrogens (tertiary/aromatic N) is 2. The van der Waals surface area contributed by atoms with Crippen molar-refractivity contribution in [3.05, 3.63) is 59.7 Å². The van der Waals surface area contributed by atoms with Gasteiger partial charge in [0.2, 0.25) is 0 Å². The third kappa shape index (κ3) is 3.08. The maximum Gasteiger partial charge on any atom is 0.318 e. The van der Waals surface area contributed by atoms with E-state index < -0.39 is 5.41 Å². The van der Waals surface area contributed by atoms with E-state index in [9.17, 15) is 4.79 Å². The quantitative estimate of drug-likeness (QED) is 0.840. The maximum atomic E-state index is 12.4. The Kier molecular flexibility index (Phi) is 4.65. The number of aromatic nitrogens is 2. The second-order valence-corrected chi connectivity index (χ2v) is 4.99. The number of hydrogen-bond donors (Lipinski definition) is 1. The smallest absolute Gasteiger partial charge is 0.318 e. The van der Waals surface area contributed by atoms with Gasteiger partial charge in [0.05, 0.1) is 7.11 Å². The van der Waals surface area contributed by atoms with Gasteiger partial charge in [-0.25, -0.2) is 9.97 Å². The molecule has 21 heavy (non-hydrogen) atoms. The van der Waals surface area contributed by atoms with Crippen LogP contribution in [0.1, 0.15) is 17.0 Å². The Labute approximate surface area is 124 Å². The van der Waals surface area contributed by atoms with Gasteiger partial charge in [0.1, 0.15) is 11.2 Å². The van der Waals surface area contributed by atoms with Gasteiger partial charge in [0, 0.05) is 25.4 Å². The lowest BCUT2D eigenvalue weighted by atomic mass is 9.76. The van der Waals surface area contributed by atoms with Crippen molar-refractivity contribution < 1.29 is 9.53 Å². The molecule has 0 amide bonds. The molecule has 0 bridgehead atoms. The summed E-state index contributed by atoms with van der Waals surface area (Å²) < 4.78 is 5.00. The van der Waals surface area contributed by atoms with E-state index in [2.05, 4.69) is 9.97 Å². The first-order valence-corrected chi connectivity index (χ1v) is 6.74. The Morgan fingerprint density at radius 1 is 1.29 bits per heavy atom. The fourth-order valence-electron chi connectivity index (χ4n) is 2.39. The highest BCUT2D eigenvalue weighted by Gasteiger charge is 2.41. The molecule has 2 N–H and O–H groups in total. The van der Waals surface area contributed by atoms with Gasteiger partial charge in [0.25, 0.3) is 0 Å². The zero-order chi connectivity index (χ0) is 15.3. The van der Waals surface area contributed by atoms with E-state index in [1.165, 1.54) is 7.11 Å². The highest BCUT2D eigenvalue weighted by Crippen LogP contribution is 2.29. The summed E-state index contributed by atoms with van der Waals surface area (Å²) in [6, 6.07) is 9.45. The first kappa shape index (κ1) is 15.1. The van der Waals surface area contributed by atoms with Crippen molar-refractivity contribution >= 4 is 5.97 Å². The molecule has 0 aliphatic rings. The highest BCUT2D eigenvalue weighted by atomic mass is 16.5. The Morgan fingerprint density at radius 3 is 2.57 bits per heavy atom. The number of nitrogens with two attached hydrogens (primary N) is 1. The van der Waals surface area contributed by atoms with Crippen LogP contribution in [-0.4, -0.2) is 29.6 Å². The molecule has 2 aromatic rings. The second kappa shape index (κ2) is 6.45. The van der Waals surface area contributed by atoms with E-state index in [1.807, 2.05) is 31.2 Å². The van der Waals surface area contributed by atoms with Crippen molar-refractivity contribution in [1.82, 2.24) is 9.97 Å². The molecule has 0 spiro atoms. The Morgan fingerprint density at radius 2 is 2.00 bits per heavy atom. The number of methoxy groups -OCH3 is 1. The van der Waals surface area contributed by atoms with Crippen molar-refractivity contribution in [2.24, 2.45) is 5.73 Å². The van der Waals surface area contributed by atoms with Crippen LogP contribution in [0.5, 0.6) is 0 Å². The lowest BCUT2D eigenvalue weighted by Crippen LogP contribution is -2.46. The Bertz CT molecular complexity index is 616. The molecule has 0 aliphatic heterocycles. The molecule has 1 aromatic heterocycles. The van der Waals surface area contributed by atoms with Crippen LogP contribution in [0.15, 0.2) is 42.7 Å². The third-order valence-electron chi connectivity index (χ3n) is 3.57.